The quantitative estimate of drug-likeness (QED) is 0.775. The van der Waals surface area contributed by atoms with Crippen LogP contribution >= 0.6 is 11.3 Å². The van der Waals surface area contributed by atoms with Crippen molar-refractivity contribution in [2.24, 2.45) is 0 Å². The Kier molecular flexibility index (Phi) is 4.29. The predicted molar refractivity (Wildman–Crippen MR) is 113 cm³/mol. The zero-order chi connectivity index (χ0) is 18.6. The Balaban J connectivity index is 1.72. The highest BCUT2D eigenvalue weighted by atomic mass is 32.1. The Morgan fingerprint density at radius 2 is 1.65 bits per heavy atom. The van der Waals surface area contributed by atoms with E-state index in [-0.39, 0.29) is 10.8 Å². The number of likely N-dealkylation sites (N-methyl/N-ethyl adjacent to an activating group) is 1. The highest BCUT2D eigenvalue weighted by molar-refractivity contribution is 7.13. The number of rotatable bonds is 2. The highest BCUT2D eigenvalue weighted by Gasteiger charge is 2.37. The SMILES string of the molecule is CC1(C)CCC(C)(C)c2cc(-c3csc([N+]4(C)CCNCC4)n3)ccc21. The zero-order valence-corrected chi connectivity index (χ0v) is 17.7. The van der Waals surface area contributed by atoms with Gasteiger partial charge in [0.15, 0.2) is 0 Å². The number of nitrogens with one attached hydrogen (secondary N) is 1. The van der Waals surface area contributed by atoms with Crippen LogP contribution in [0, 0.1) is 0 Å². The number of aromatic nitrogens is 1. The van der Waals surface area contributed by atoms with Crippen LogP contribution in [0.3, 0.4) is 0 Å². The second kappa shape index (κ2) is 6.15. The van der Waals surface area contributed by atoms with Crippen LogP contribution in [0.4, 0.5) is 5.13 Å². The Morgan fingerprint density at radius 3 is 2.35 bits per heavy atom. The van der Waals surface area contributed by atoms with Gasteiger partial charge in [0.05, 0.1) is 25.8 Å². The molecule has 2 heterocycles. The van der Waals surface area contributed by atoms with Gasteiger partial charge in [-0.05, 0) is 40.9 Å². The molecule has 0 saturated carbocycles. The van der Waals surface area contributed by atoms with Crippen molar-refractivity contribution in [2.45, 2.75) is 51.4 Å². The van der Waals surface area contributed by atoms with Gasteiger partial charge >= 0.3 is 0 Å². The highest BCUT2D eigenvalue weighted by Crippen LogP contribution is 2.47. The lowest BCUT2D eigenvalue weighted by Crippen LogP contribution is -2.57. The van der Waals surface area contributed by atoms with Crippen molar-refractivity contribution >= 4 is 16.5 Å². The van der Waals surface area contributed by atoms with Crippen LogP contribution in [-0.2, 0) is 10.8 Å². The summed E-state index contributed by atoms with van der Waals surface area (Å²) in [7, 11) is 2.32. The van der Waals surface area contributed by atoms with Crippen LogP contribution in [0.5, 0.6) is 0 Å². The molecular weight excluding hydrogens is 338 g/mol. The lowest BCUT2D eigenvalue weighted by Gasteiger charge is -2.42. The minimum Gasteiger partial charge on any atom is -0.306 e. The minimum atomic E-state index is 0.247. The largest absolute Gasteiger partial charge is 0.306 e. The standard InChI is InChI=1S/C22H32N3S/c1-21(2)8-9-22(3,4)18-14-16(6-7-17(18)21)19-15-26-20(24-19)25(5)12-10-23-11-13-25/h6-7,14-15,23H,8-13H2,1-5H3/q+1. The molecule has 1 aromatic heterocycles. The third kappa shape index (κ3) is 3.02. The van der Waals surface area contributed by atoms with E-state index in [1.54, 1.807) is 0 Å². The van der Waals surface area contributed by atoms with E-state index in [4.69, 9.17) is 4.98 Å². The van der Waals surface area contributed by atoms with Gasteiger partial charge in [-0.3, -0.25) is 4.48 Å². The molecule has 3 nitrogen and oxygen atoms in total. The Hall–Kier alpha value is -1.23. The number of quaternary nitrogens is 1. The van der Waals surface area contributed by atoms with Crippen molar-refractivity contribution in [1.82, 2.24) is 14.8 Å². The Morgan fingerprint density at radius 1 is 1.00 bits per heavy atom. The third-order valence-corrected chi connectivity index (χ3v) is 7.75. The van der Waals surface area contributed by atoms with Crippen LogP contribution in [-0.4, -0.2) is 38.2 Å². The molecule has 4 heteroatoms. The molecule has 1 aromatic carbocycles. The molecule has 0 amide bonds. The minimum absolute atomic E-state index is 0.247. The summed E-state index contributed by atoms with van der Waals surface area (Å²) in [5.74, 6) is 0. The molecule has 0 spiro atoms. The van der Waals surface area contributed by atoms with Crippen molar-refractivity contribution in [3.63, 3.8) is 0 Å². The van der Waals surface area contributed by atoms with E-state index in [1.807, 2.05) is 11.3 Å². The second-order valence-corrected chi connectivity index (χ2v) is 10.5. The molecule has 0 unspecified atom stereocenters. The first-order valence-corrected chi connectivity index (χ1v) is 10.8. The Labute approximate surface area is 162 Å². The predicted octanol–water partition coefficient (Wildman–Crippen LogP) is 4.70. The summed E-state index contributed by atoms with van der Waals surface area (Å²) in [6.07, 6.45) is 2.51. The van der Waals surface area contributed by atoms with Gasteiger partial charge in [0.2, 0.25) is 0 Å². The first-order chi connectivity index (χ1) is 12.2. The number of hydrogen-bond donors (Lipinski definition) is 1. The second-order valence-electron chi connectivity index (χ2n) is 9.64. The van der Waals surface area contributed by atoms with Crippen LogP contribution < -0.4 is 9.80 Å². The summed E-state index contributed by atoms with van der Waals surface area (Å²) in [4.78, 5) is 5.07. The molecule has 0 atom stereocenters. The van der Waals surface area contributed by atoms with Crippen LogP contribution in [0.2, 0.25) is 0 Å². The van der Waals surface area contributed by atoms with Gasteiger partial charge in [-0.25, -0.2) is 0 Å². The maximum atomic E-state index is 5.07. The fourth-order valence-corrected chi connectivity index (χ4v) is 5.47. The van der Waals surface area contributed by atoms with Gasteiger partial charge in [-0.15, -0.1) is 0 Å². The van der Waals surface area contributed by atoms with Crippen molar-refractivity contribution in [2.75, 3.05) is 33.2 Å². The molecule has 4 rings (SSSR count). The number of thiazole rings is 1. The van der Waals surface area contributed by atoms with Crippen molar-refractivity contribution < 1.29 is 0 Å². The number of nitrogens with zero attached hydrogens (tertiary/aromatic N) is 2. The van der Waals surface area contributed by atoms with E-state index in [1.165, 1.54) is 34.7 Å². The molecule has 2 aliphatic rings. The van der Waals surface area contributed by atoms with E-state index in [0.29, 0.717) is 0 Å². The van der Waals surface area contributed by atoms with Gasteiger partial charge < -0.3 is 5.32 Å². The van der Waals surface area contributed by atoms with E-state index >= 15 is 0 Å². The lowest BCUT2D eigenvalue weighted by molar-refractivity contribution is 0.287. The zero-order valence-electron chi connectivity index (χ0n) is 16.9. The number of benzene rings is 1. The first kappa shape index (κ1) is 18.1. The van der Waals surface area contributed by atoms with Gasteiger partial charge in [-0.2, -0.15) is 4.98 Å². The molecule has 26 heavy (non-hydrogen) atoms. The molecule has 1 saturated heterocycles. The van der Waals surface area contributed by atoms with E-state index in [0.717, 1.165) is 36.4 Å². The first-order valence-electron chi connectivity index (χ1n) is 9.88. The summed E-state index contributed by atoms with van der Waals surface area (Å²) < 4.78 is 0.959. The van der Waals surface area contributed by atoms with Gasteiger partial charge in [-0.1, -0.05) is 51.2 Å². The molecule has 0 bridgehead atoms. The van der Waals surface area contributed by atoms with E-state index in [2.05, 4.69) is 63.6 Å². The smallest absolute Gasteiger partial charge is 0.286 e. The average molecular weight is 371 g/mol. The normalized spacial score (nSPS) is 23.4. The van der Waals surface area contributed by atoms with E-state index < -0.39 is 0 Å². The van der Waals surface area contributed by atoms with Crippen LogP contribution in [0.15, 0.2) is 23.6 Å². The van der Waals surface area contributed by atoms with Crippen molar-refractivity contribution in [3.8, 4) is 11.3 Å². The maximum absolute atomic E-state index is 5.07. The van der Waals surface area contributed by atoms with Crippen LogP contribution in [0.1, 0.15) is 51.7 Å². The molecule has 140 valence electrons. The topological polar surface area (TPSA) is 24.9 Å². The monoisotopic (exact) mass is 370 g/mol. The van der Waals surface area contributed by atoms with Gasteiger partial charge in [0.25, 0.3) is 5.13 Å². The van der Waals surface area contributed by atoms with Crippen LogP contribution in [0.25, 0.3) is 11.3 Å². The number of hydrogen-bond acceptors (Lipinski definition) is 3. The summed E-state index contributed by atoms with van der Waals surface area (Å²) in [6, 6.07) is 7.08. The fourth-order valence-electron chi connectivity index (χ4n) is 4.47. The Bertz CT molecular complexity index is 813. The molecule has 1 N–H and O–H groups in total. The van der Waals surface area contributed by atoms with Crippen molar-refractivity contribution in [1.29, 1.82) is 0 Å². The molecule has 1 fully saturated rings. The summed E-state index contributed by atoms with van der Waals surface area (Å²) in [5, 5.41) is 6.96. The summed E-state index contributed by atoms with van der Waals surface area (Å²) in [6.45, 7) is 14.0. The number of piperazine rings is 1. The number of fused-ring (bicyclic) bond motifs is 1. The third-order valence-electron chi connectivity index (χ3n) is 6.67. The molecule has 0 radical (unpaired) electrons. The summed E-state index contributed by atoms with van der Waals surface area (Å²) in [5.41, 5.74) is 5.98. The van der Waals surface area contributed by atoms with Gasteiger partial charge in [0, 0.05) is 24.0 Å². The average Bonchev–Trinajstić information content (AvgIpc) is 3.11. The van der Waals surface area contributed by atoms with Gasteiger partial charge in [0.1, 0.15) is 0 Å². The lowest BCUT2D eigenvalue weighted by atomic mass is 9.63. The molecule has 1 aliphatic heterocycles. The molecular formula is C22H32N3S+. The van der Waals surface area contributed by atoms with Crippen molar-refractivity contribution in [3.05, 3.63) is 34.7 Å². The fraction of sp³-hybridized carbons (Fsp3) is 0.591. The maximum Gasteiger partial charge on any atom is 0.286 e. The summed E-state index contributed by atoms with van der Waals surface area (Å²) >= 11 is 1.82. The molecule has 2 aromatic rings. The van der Waals surface area contributed by atoms with E-state index in [9.17, 15) is 0 Å². The molecule has 1 aliphatic carbocycles.